The van der Waals surface area contributed by atoms with Crippen molar-refractivity contribution in [2.24, 2.45) is 0 Å². The third-order valence-electron chi connectivity index (χ3n) is 5.21. The lowest BCUT2D eigenvalue weighted by atomic mass is 10.0. The van der Waals surface area contributed by atoms with Crippen LogP contribution >= 0.6 is 0 Å². The Labute approximate surface area is 167 Å². The van der Waals surface area contributed by atoms with Gasteiger partial charge < -0.3 is 15.2 Å². The van der Waals surface area contributed by atoms with E-state index in [-0.39, 0.29) is 5.91 Å². The van der Waals surface area contributed by atoms with Crippen LogP contribution in [0, 0.1) is 0 Å². The van der Waals surface area contributed by atoms with Crippen LogP contribution in [0.15, 0.2) is 36.7 Å². The van der Waals surface area contributed by atoms with Gasteiger partial charge in [-0.3, -0.25) is 14.5 Å². The molecule has 0 atom stereocenters. The number of carboxylic acid groups (broad SMARTS) is 1. The maximum absolute atomic E-state index is 13.1. The minimum Gasteiger partial charge on any atom is -0.497 e. The Kier molecular flexibility index (Phi) is 4.49. The van der Waals surface area contributed by atoms with Crippen LogP contribution in [0.5, 0.6) is 5.75 Å². The van der Waals surface area contributed by atoms with Crippen LogP contribution in [-0.4, -0.2) is 38.9 Å². The molecule has 1 saturated carbocycles. The minimum atomic E-state index is -1.22. The average molecular weight is 394 g/mol. The fourth-order valence-electron chi connectivity index (χ4n) is 3.12. The van der Waals surface area contributed by atoms with Gasteiger partial charge in [0, 0.05) is 23.2 Å². The van der Waals surface area contributed by atoms with E-state index in [9.17, 15) is 14.7 Å². The molecule has 3 aromatic rings. The van der Waals surface area contributed by atoms with E-state index in [4.69, 9.17) is 9.72 Å². The van der Waals surface area contributed by atoms with Gasteiger partial charge in [0.05, 0.1) is 30.1 Å². The number of benzene rings is 1. The van der Waals surface area contributed by atoms with Gasteiger partial charge in [-0.2, -0.15) is 5.10 Å². The van der Waals surface area contributed by atoms with Gasteiger partial charge >= 0.3 is 5.97 Å². The molecule has 2 heterocycles. The first-order valence-electron chi connectivity index (χ1n) is 9.38. The van der Waals surface area contributed by atoms with Crippen LogP contribution in [0.1, 0.15) is 48.7 Å². The normalized spacial score (nSPS) is 14.0. The van der Waals surface area contributed by atoms with Crippen molar-refractivity contribution in [3.63, 3.8) is 0 Å². The Morgan fingerprint density at radius 1 is 1.28 bits per heavy atom. The number of rotatable bonds is 6. The molecular formula is C21H22N4O4. The molecule has 1 aliphatic carbocycles. The Balaban J connectivity index is 1.69. The van der Waals surface area contributed by atoms with Gasteiger partial charge in [0.1, 0.15) is 5.75 Å². The lowest BCUT2D eigenvalue weighted by molar-refractivity contribution is -0.146. The summed E-state index contributed by atoms with van der Waals surface area (Å²) < 4.78 is 6.61. The second-order valence-electron chi connectivity index (χ2n) is 7.74. The van der Waals surface area contributed by atoms with Crippen molar-refractivity contribution in [1.29, 1.82) is 0 Å². The predicted octanol–water partition coefficient (Wildman–Crippen LogP) is 3.39. The summed E-state index contributed by atoms with van der Waals surface area (Å²) in [5.41, 5.74) is 1.35. The molecule has 29 heavy (non-hydrogen) atoms. The number of carbonyl (C=O) groups is 2. The van der Waals surface area contributed by atoms with Crippen LogP contribution in [0.25, 0.3) is 10.9 Å². The monoisotopic (exact) mass is 394 g/mol. The quantitative estimate of drug-likeness (QED) is 0.664. The summed E-state index contributed by atoms with van der Waals surface area (Å²) in [6, 6.07) is 7.31. The van der Waals surface area contributed by atoms with Crippen LogP contribution in [0.3, 0.4) is 0 Å². The van der Waals surface area contributed by atoms with Crippen molar-refractivity contribution in [2.45, 2.75) is 38.1 Å². The molecular weight excluding hydrogens is 372 g/mol. The molecule has 150 valence electrons. The molecule has 8 nitrogen and oxygen atoms in total. The Bertz CT molecular complexity index is 1120. The Hall–Kier alpha value is -3.42. The number of amides is 1. The van der Waals surface area contributed by atoms with Crippen molar-refractivity contribution < 1.29 is 19.4 Å². The van der Waals surface area contributed by atoms with E-state index in [1.54, 1.807) is 27.0 Å². The number of fused-ring (bicyclic) bond motifs is 1. The highest BCUT2D eigenvalue weighted by atomic mass is 16.5. The second-order valence-corrected chi connectivity index (χ2v) is 7.74. The molecule has 0 saturated heterocycles. The molecule has 1 fully saturated rings. The molecule has 8 heteroatoms. The van der Waals surface area contributed by atoms with Gasteiger partial charge in [-0.05, 0) is 51.0 Å². The van der Waals surface area contributed by atoms with Crippen LogP contribution in [-0.2, 0) is 10.3 Å². The maximum Gasteiger partial charge on any atom is 0.331 e. The standard InChI is InChI=1S/C21H22N4O4/c1-21(2,20(27)28)25-11-13(10-22-25)23-19(26)16-9-18(12-4-5-12)24-17-7-6-14(29-3)8-15(16)17/h6-12H,4-5H2,1-3H3,(H,23,26)(H,27,28). The maximum atomic E-state index is 13.1. The number of pyridine rings is 1. The number of aromatic nitrogens is 3. The van der Waals surface area contributed by atoms with Gasteiger partial charge in [-0.15, -0.1) is 0 Å². The molecule has 0 aliphatic heterocycles. The number of hydrogen-bond acceptors (Lipinski definition) is 5. The zero-order valence-corrected chi connectivity index (χ0v) is 16.5. The van der Waals surface area contributed by atoms with E-state index in [0.717, 1.165) is 24.1 Å². The van der Waals surface area contributed by atoms with Crippen LogP contribution in [0.4, 0.5) is 5.69 Å². The third-order valence-corrected chi connectivity index (χ3v) is 5.21. The zero-order chi connectivity index (χ0) is 20.8. The van der Waals surface area contributed by atoms with E-state index in [1.165, 1.54) is 17.1 Å². The lowest BCUT2D eigenvalue weighted by Crippen LogP contribution is -2.35. The Morgan fingerprint density at radius 2 is 2.03 bits per heavy atom. The number of anilines is 1. The van der Waals surface area contributed by atoms with E-state index in [0.29, 0.717) is 28.3 Å². The summed E-state index contributed by atoms with van der Waals surface area (Å²) >= 11 is 0. The number of aliphatic carboxylic acids is 1. The second kappa shape index (κ2) is 6.88. The lowest BCUT2D eigenvalue weighted by Gasteiger charge is -2.19. The summed E-state index contributed by atoms with van der Waals surface area (Å²) in [5, 5.41) is 17.0. The summed E-state index contributed by atoms with van der Waals surface area (Å²) in [4.78, 5) is 29.2. The smallest absolute Gasteiger partial charge is 0.331 e. The molecule has 1 aliphatic rings. The van der Waals surface area contributed by atoms with Gasteiger partial charge in [0.15, 0.2) is 5.54 Å². The van der Waals surface area contributed by atoms with Gasteiger partial charge in [0.2, 0.25) is 0 Å². The van der Waals surface area contributed by atoms with Crippen LogP contribution < -0.4 is 10.1 Å². The molecule has 0 bridgehead atoms. The fraction of sp³-hybridized carbons (Fsp3) is 0.333. The van der Waals surface area contributed by atoms with Crippen molar-refractivity contribution in [2.75, 3.05) is 12.4 Å². The molecule has 0 spiro atoms. The summed E-state index contributed by atoms with van der Waals surface area (Å²) in [6.45, 7) is 3.08. The molecule has 0 radical (unpaired) electrons. The average Bonchev–Trinajstić information content (AvgIpc) is 3.45. The number of hydrogen-bond donors (Lipinski definition) is 2. The molecule has 1 amide bonds. The topological polar surface area (TPSA) is 106 Å². The first-order chi connectivity index (χ1) is 13.8. The fourth-order valence-corrected chi connectivity index (χ4v) is 3.12. The number of ether oxygens (including phenoxy) is 1. The number of nitrogens with zero attached hydrogens (tertiary/aromatic N) is 3. The zero-order valence-electron chi connectivity index (χ0n) is 16.5. The first-order valence-corrected chi connectivity index (χ1v) is 9.38. The third kappa shape index (κ3) is 3.53. The summed E-state index contributed by atoms with van der Waals surface area (Å²) in [6.07, 6.45) is 5.10. The highest BCUT2D eigenvalue weighted by Crippen LogP contribution is 2.40. The van der Waals surface area contributed by atoms with E-state index in [2.05, 4.69) is 10.4 Å². The molecule has 0 unspecified atom stereocenters. The van der Waals surface area contributed by atoms with Crippen molar-refractivity contribution in [3.8, 4) is 5.75 Å². The van der Waals surface area contributed by atoms with E-state index in [1.807, 2.05) is 18.2 Å². The SMILES string of the molecule is COc1ccc2nc(C3CC3)cc(C(=O)Nc3cnn(C(C)(C)C(=O)O)c3)c2c1. The van der Waals surface area contributed by atoms with Gasteiger partial charge in [0.25, 0.3) is 5.91 Å². The van der Waals surface area contributed by atoms with Crippen molar-refractivity contribution >= 4 is 28.5 Å². The minimum absolute atomic E-state index is 0.305. The van der Waals surface area contributed by atoms with Crippen molar-refractivity contribution in [1.82, 2.24) is 14.8 Å². The van der Waals surface area contributed by atoms with E-state index < -0.39 is 11.5 Å². The number of methoxy groups -OCH3 is 1. The van der Waals surface area contributed by atoms with Gasteiger partial charge in [-0.25, -0.2) is 4.79 Å². The van der Waals surface area contributed by atoms with Crippen LogP contribution in [0.2, 0.25) is 0 Å². The first kappa shape index (κ1) is 18.9. The summed E-state index contributed by atoms with van der Waals surface area (Å²) in [7, 11) is 1.57. The molecule has 2 aromatic heterocycles. The Morgan fingerprint density at radius 3 is 2.69 bits per heavy atom. The largest absolute Gasteiger partial charge is 0.497 e. The number of carbonyl (C=O) groups excluding carboxylic acids is 1. The van der Waals surface area contributed by atoms with Gasteiger partial charge in [-0.1, -0.05) is 0 Å². The molecule has 2 N–H and O–H groups in total. The molecule has 4 rings (SSSR count). The van der Waals surface area contributed by atoms with E-state index >= 15 is 0 Å². The number of carboxylic acids is 1. The molecule has 1 aromatic carbocycles. The number of nitrogens with one attached hydrogen (secondary N) is 1. The highest BCUT2D eigenvalue weighted by molar-refractivity contribution is 6.12. The predicted molar refractivity (Wildman–Crippen MR) is 107 cm³/mol. The summed E-state index contributed by atoms with van der Waals surface area (Å²) in [5.74, 6) is -0.282. The van der Waals surface area contributed by atoms with Crippen molar-refractivity contribution in [3.05, 3.63) is 47.9 Å². The highest BCUT2D eigenvalue weighted by Gasteiger charge is 2.31.